The summed E-state index contributed by atoms with van der Waals surface area (Å²) in [5.74, 6) is -0.0296. The van der Waals surface area contributed by atoms with Crippen molar-refractivity contribution < 1.29 is 22.7 Å². The van der Waals surface area contributed by atoms with E-state index in [2.05, 4.69) is 5.32 Å². The molecule has 1 aromatic rings. The van der Waals surface area contributed by atoms with Crippen LogP contribution in [0.2, 0.25) is 0 Å². The van der Waals surface area contributed by atoms with Crippen molar-refractivity contribution in [1.29, 1.82) is 0 Å². The molecule has 1 heterocycles. The van der Waals surface area contributed by atoms with Crippen LogP contribution in [0, 0.1) is 0 Å². The zero-order chi connectivity index (χ0) is 17.2. The average Bonchev–Trinajstić information content (AvgIpc) is 2.45. The molecule has 1 aromatic carbocycles. The van der Waals surface area contributed by atoms with Crippen LogP contribution in [-0.2, 0) is 19.6 Å². The van der Waals surface area contributed by atoms with E-state index in [4.69, 9.17) is 9.47 Å². The van der Waals surface area contributed by atoms with Gasteiger partial charge in [0, 0.05) is 25.7 Å². The molecule has 0 spiro atoms. The molecule has 1 aliphatic heterocycles. The molecule has 1 N–H and O–H groups in total. The first kappa shape index (κ1) is 17.7. The van der Waals surface area contributed by atoms with Crippen molar-refractivity contribution in [2.24, 2.45) is 0 Å². The van der Waals surface area contributed by atoms with E-state index in [1.165, 1.54) is 30.5 Å². The Balaban J connectivity index is 2.42. The molecule has 8 heteroatoms. The summed E-state index contributed by atoms with van der Waals surface area (Å²) in [6.45, 7) is 5.59. The number of nitrogens with one attached hydrogen (secondary N) is 1. The Kier molecular flexibility index (Phi) is 5.28. The van der Waals surface area contributed by atoms with Crippen molar-refractivity contribution in [2.75, 3.05) is 25.5 Å². The molecule has 23 heavy (non-hydrogen) atoms. The van der Waals surface area contributed by atoms with Crippen LogP contribution in [0.25, 0.3) is 0 Å². The second-order valence-corrected chi connectivity index (χ2v) is 7.53. The highest BCUT2D eigenvalue weighted by atomic mass is 32.2. The SMILES string of the molecule is COc1ccc(NC(C)=O)cc1S(=O)(=O)N1C[C@H](C)O[C@@H](C)C1. The van der Waals surface area contributed by atoms with Crippen LogP contribution in [0.15, 0.2) is 23.1 Å². The van der Waals surface area contributed by atoms with Crippen LogP contribution in [0.3, 0.4) is 0 Å². The summed E-state index contributed by atoms with van der Waals surface area (Å²) in [5, 5.41) is 2.59. The molecule has 128 valence electrons. The molecule has 0 saturated carbocycles. The number of benzene rings is 1. The van der Waals surface area contributed by atoms with Crippen molar-refractivity contribution in [3.8, 4) is 5.75 Å². The van der Waals surface area contributed by atoms with Crippen LogP contribution in [0.1, 0.15) is 20.8 Å². The highest BCUT2D eigenvalue weighted by Crippen LogP contribution is 2.31. The lowest BCUT2D eigenvalue weighted by atomic mass is 10.3. The van der Waals surface area contributed by atoms with E-state index in [0.717, 1.165) is 0 Å². The number of rotatable bonds is 4. The summed E-state index contributed by atoms with van der Waals surface area (Å²) in [6.07, 6.45) is -0.365. The monoisotopic (exact) mass is 342 g/mol. The fourth-order valence-corrected chi connectivity index (χ4v) is 4.40. The number of morpholine rings is 1. The predicted molar refractivity (Wildman–Crippen MR) is 86.1 cm³/mol. The van der Waals surface area contributed by atoms with Gasteiger partial charge in [0.15, 0.2) is 0 Å². The number of carbonyl (C=O) groups is 1. The maximum Gasteiger partial charge on any atom is 0.247 e. The largest absolute Gasteiger partial charge is 0.495 e. The number of methoxy groups -OCH3 is 1. The second-order valence-electron chi connectivity index (χ2n) is 5.63. The smallest absolute Gasteiger partial charge is 0.247 e. The minimum absolute atomic E-state index is 0.0348. The Bertz CT molecular complexity index is 679. The Labute approximate surface area is 136 Å². The van der Waals surface area contributed by atoms with Gasteiger partial charge in [-0.25, -0.2) is 8.42 Å². The molecule has 0 unspecified atom stereocenters. The molecule has 1 aliphatic rings. The number of anilines is 1. The third-order valence-corrected chi connectivity index (χ3v) is 5.34. The summed E-state index contributed by atoms with van der Waals surface area (Å²) in [7, 11) is -2.34. The van der Waals surface area contributed by atoms with Crippen molar-refractivity contribution in [3.63, 3.8) is 0 Å². The van der Waals surface area contributed by atoms with E-state index in [9.17, 15) is 13.2 Å². The van der Waals surface area contributed by atoms with Gasteiger partial charge < -0.3 is 14.8 Å². The molecule has 0 aromatic heterocycles. The quantitative estimate of drug-likeness (QED) is 0.895. The third kappa shape index (κ3) is 4.01. The van der Waals surface area contributed by atoms with Crippen LogP contribution in [0.5, 0.6) is 5.75 Å². The van der Waals surface area contributed by atoms with Gasteiger partial charge in [0.25, 0.3) is 0 Å². The summed E-state index contributed by atoms with van der Waals surface area (Å²) >= 11 is 0. The molecule has 1 amide bonds. The van der Waals surface area contributed by atoms with Crippen molar-refractivity contribution in [1.82, 2.24) is 4.31 Å². The fraction of sp³-hybridized carbons (Fsp3) is 0.533. The van der Waals surface area contributed by atoms with Gasteiger partial charge in [-0.3, -0.25) is 4.79 Å². The lowest BCUT2D eigenvalue weighted by molar-refractivity contribution is -0.114. The standard InChI is InChI=1S/C15H22N2O5S/c1-10-8-17(9-11(2)22-10)23(19,20)15-7-13(16-12(3)18)5-6-14(15)21-4/h5-7,10-11H,8-9H2,1-4H3,(H,16,18)/t10-,11-/m0/s1. The molecule has 1 saturated heterocycles. The minimum Gasteiger partial charge on any atom is -0.495 e. The first-order chi connectivity index (χ1) is 10.7. The van der Waals surface area contributed by atoms with Gasteiger partial charge in [0.05, 0.1) is 19.3 Å². The highest BCUT2D eigenvalue weighted by molar-refractivity contribution is 7.89. The second kappa shape index (κ2) is 6.86. The summed E-state index contributed by atoms with van der Waals surface area (Å²) in [5.41, 5.74) is 0.409. The first-order valence-electron chi connectivity index (χ1n) is 7.35. The molecule has 0 bridgehead atoms. The van der Waals surface area contributed by atoms with Gasteiger partial charge in [-0.1, -0.05) is 0 Å². The lowest BCUT2D eigenvalue weighted by Crippen LogP contribution is -2.48. The van der Waals surface area contributed by atoms with E-state index in [1.54, 1.807) is 6.07 Å². The fourth-order valence-electron chi connectivity index (χ4n) is 2.63. The van der Waals surface area contributed by atoms with Gasteiger partial charge in [-0.05, 0) is 32.0 Å². The minimum atomic E-state index is -3.75. The normalized spacial score (nSPS) is 22.6. The molecular weight excluding hydrogens is 320 g/mol. The average molecular weight is 342 g/mol. The van der Waals surface area contributed by atoms with Crippen LogP contribution in [0.4, 0.5) is 5.69 Å². The number of nitrogens with zero attached hydrogens (tertiary/aromatic N) is 1. The molecule has 0 radical (unpaired) electrons. The maximum absolute atomic E-state index is 13.0. The van der Waals surface area contributed by atoms with Crippen LogP contribution < -0.4 is 10.1 Å². The van der Waals surface area contributed by atoms with Crippen molar-refractivity contribution in [3.05, 3.63) is 18.2 Å². The third-order valence-electron chi connectivity index (χ3n) is 3.49. The van der Waals surface area contributed by atoms with Crippen LogP contribution in [-0.4, -0.2) is 51.0 Å². The molecule has 2 atom stereocenters. The van der Waals surface area contributed by atoms with Gasteiger partial charge in [-0.15, -0.1) is 0 Å². The molecule has 2 rings (SSSR count). The number of carbonyl (C=O) groups excluding carboxylic acids is 1. The number of hydrogen-bond acceptors (Lipinski definition) is 5. The molecule has 0 aliphatic carbocycles. The van der Waals surface area contributed by atoms with Gasteiger partial charge in [0.2, 0.25) is 15.9 Å². The van der Waals surface area contributed by atoms with Crippen molar-refractivity contribution in [2.45, 2.75) is 37.9 Å². The van der Waals surface area contributed by atoms with E-state index < -0.39 is 10.0 Å². The lowest BCUT2D eigenvalue weighted by Gasteiger charge is -2.34. The highest BCUT2D eigenvalue weighted by Gasteiger charge is 2.34. The Morgan fingerprint density at radius 2 is 1.91 bits per heavy atom. The Morgan fingerprint density at radius 3 is 2.43 bits per heavy atom. The Hall–Kier alpha value is -1.64. The molecule has 1 fully saturated rings. The predicted octanol–water partition coefficient (Wildman–Crippen LogP) is 1.45. The van der Waals surface area contributed by atoms with E-state index in [1.807, 2.05) is 13.8 Å². The molecule has 7 nitrogen and oxygen atoms in total. The zero-order valence-electron chi connectivity index (χ0n) is 13.7. The number of amides is 1. The summed E-state index contributed by atoms with van der Waals surface area (Å²) in [4.78, 5) is 11.2. The summed E-state index contributed by atoms with van der Waals surface area (Å²) < 4.78 is 38.1. The van der Waals surface area contributed by atoms with Crippen LogP contribution >= 0.6 is 0 Å². The van der Waals surface area contributed by atoms with E-state index >= 15 is 0 Å². The molecular formula is C15H22N2O5S. The number of hydrogen-bond donors (Lipinski definition) is 1. The first-order valence-corrected chi connectivity index (χ1v) is 8.79. The topological polar surface area (TPSA) is 84.9 Å². The van der Waals surface area contributed by atoms with Crippen molar-refractivity contribution >= 4 is 21.6 Å². The van der Waals surface area contributed by atoms with E-state index in [-0.39, 0.29) is 41.8 Å². The zero-order valence-corrected chi connectivity index (χ0v) is 14.5. The van der Waals surface area contributed by atoms with Gasteiger partial charge in [-0.2, -0.15) is 4.31 Å². The Morgan fingerprint density at radius 1 is 1.30 bits per heavy atom. The maximum atomic E-state index is 13.0. The summed E-state index contributed by atoms with van der Waals surface area (Å²) in [6, 6.07) is 4.55. The van der Waals surface area contributed by atoms with E-state index in [0.29, 0.717) is 5.69 Å². The number of sulfonamides is 1. The number of ether oxygens (including phenoxy) is 2. The van der Waals surface area contributed by atoms with Gasteiger partial charge in [0.1, 0.15) is 10.6 Å². The van der Waals surface area contributed by atoms with Gasteiger partial charge >= 0.3 is 0 Å².